The van der Waals surface area contributed by atoms with E-state index in [1.54, 1.807) is 10.9 Å². The van der Waals surface area contributed by atoms with Crippen molar-refractivity contribution in [3.63, 3.8) is 0 Å². The van der Waals surface area contributed by atoms with Crippen molar-refractivity contribution in [1.82, 2.24) is 9.78 Å². The normalized spacial score (nSPS) is 14.6. The maximum atomic E-state index is 14.0. The van der Waals surface area contributed by atoms with Gasteiger partial charge in [-0.05, 0) is 25.3 Å². The number of nitrogens with zero attached hydrogens (tertiary/aromatic N) is 2. The SMILES string of the molecule is Cc1cnn(Cc2c(F)cc(OC(F)F)cc2F)c1C1CC1. The van der Waals surface area contributed by atoms with Gasteiger partial charge in [0.05, 0.1) is 12.7 Å². The summed E-state index contributed by atoms with van der Waals surface area (Å²) < 4.78 is 57.8. The molecule has 1 fully saturated rings. The minimum Gasteiger partial charge on any atom is -0.435 e. The van der Waals surface area contributed by atoms with Crippen LogP contribution in [-0.4, -0.2) is 16.4 Å². The topological polar surface area (TPSA) is 27.1 Å². The van der Waals surface area contributed by atoms with Gasteiger partial charge in [0, 0.05) is 29.3 Å². The van der Waals surface area contributed by atoms with E-state index in [0.717, 1.165) is 36.2 Å². The molecule has 22 heavy (non-hydrogen) atoms. The van der Waals surface area contributed by atoms with Crippen molar-refractivity contribution < 1.29 is 22.3 Å². The van der Waals surface area contributed by atoms with Gasteiger partial charge in [0.1, 0.15) is 17.4 Å². The molecular weight excluding hydrogens is 300 g/mol. The lowest BCUT2D eigenvalue weighted by molar-refractivity contribution is -0.0501. The van der Waals surface area contributed by atoms with Crippen LogP contribution in [0, 0.1) is 18.6 Å². The van der Waals surface area contributed by atoms with Crippen LogP contribution in [0.4, 0.5) is 17.6 Å². The van der Waals surface area contributed by atoms with Gasteiger partial charge in [-0.25, -0.2) is 8.78 Å². The van der Waals surface area contributed by atoms with Crippen molar-refractivity contribution >= 4 is 0 Å². The third-order valence-corrected chi connectivity index (χ3v) is 3.68. The highest BCUT2D eigenvalue weighted by Gasteiger charge is 2.29. The number of aromatic nitrogens is 2. The van der Waals surface area contributed by atoms with Gasteiger partial charge in [0.25, 0.3) is 0 Å². The molecule has 0 spiro atoms. The number of hydrogen-bond acceptors (Lipinski definition) is 2. The monoisotopic (exact) mass is 314 g/mol. The minimum atomic E-state index is -3.13. The van der Waals surface area contributed by atoms with Gasteiger partial charge in [-0.2, -0.15) is 13.9 Å². The van der Waals surface area contributed by atoms with Crippen molar-refractivity contribution in [1.29, 1.82) is 0 Å². The molecule has 1 saturated carbocycles. The maximum Gasteiger partial charge on any atom is 0.387 e. The van der Waals surface area contributed by atoms with E-state index >= 15 is 0 Å². The van der Waals surface area contributed by atoms with Crippen LogP contribution in [0.15, 0.2) is 18.3 Å². The molecule has 0 aliphatic heterocycles. The van der Waals surface area contributed by atoms with Crippen molar-refractivity contribution in [2.75, 3.05) is 0 Å². The molecule has 2 aromatic rings. The molecule has 1 aliphatic rings. The molecule has 1 heterocycles. The number of ether oxygens (including phenoxy) is 1. The Bertz CT molecular complexity index is 672. The van der Waals surface area contributed by atoms with Crippen molar-refractivity contribution in [2.24, 2.45) is 0 Å². The Balaban J connectivity index is 1.89. The molecule has 3 nitrogen and oxygen atoms in total. The molecule has 0 saturated heterocycles. The predicted octanol–water partition coefficient (Wildman–Crippen LogP) is 4.00. The second-order valence-electron chi connectivity index (χ2n) is 5.39. The quantitative estimate of drug-likeness (QED) is 0.780. The Morgan fingerprint density at radius 3 is 2.45 bits per heavy atom. The van der Waals surface area contributed by atoms with E-state index in [1.807, 2.05) is 6.92 Å². The fourth-order valence-electron chi connectivity index (χ4n) is 2.56. The summed E-state index contributed by atoms with van der Waals surface area (Å²) in [6, 6.07) is 1.52. The Morgan fingerprint density at radius 2 is 1.91 bits per heavy atom. The van der Waals surface area contributed by atoms with E-state index in [0.29, 0.717) is 5.92 Å². The van der Waals surface area contributed by atoms with Crippen LogP contribution >= 0.6 is 0 Å². The van der Waals surface area contributed by atoms with E-state index in [4.69, 9.17) is 0 Å². The van der Waals surface area contributed by atoms with Crippen LogP contribution in [-0.2, 0) is 6.54 Å². The average Bonchev–Trinajstić information content (AvgIpc) is 3.18. The number of aryl methyl sites for hydroxylation is 1. The highest BCUT2D eigenvalue weighted by molar-refractivity contribution is 5.32. The molecule has 1 aromatic heterocycles. The van der Waals surface area contributed by atoms with Gasteiger partial charge >= 0.3 is 6.61 Å². The fraction of sp³-hybridized carbons (Fsp3) is 0.400. The Hall–Kier alpha value is -2.05. The van der Waals surface area contributed by atoms with Crippen molar-refractivity contribution in [3.05, 3.63) is 46.8 Å². The highest BCUT2D eigenvalue weighted by atomic mass is 19.3. The number of halogens is 4. The van der Waals surface area contributed by atoms with Gasteiger partial charge in [-0.3, -0.25) is 4.68 Å². The summed E-state index contributed by atoms with van der Waals surface area (Å²) in [5.74, 6) is -2.00. The Kier molecular flexibility index (Phi) is 3.80. The first kappa shape index (κ1) is 14.9. The molecule has 0 unspecified atom stereocenters. The highest BCUT2D eigenvalue weighted by Crippen LogP contribution is 2.41. The zero-order valence-corrected chi connectivity index (χ0v) is 11.8. The number of hydrogen-bond donors (Lipinski definition) is 0. The van der Waals surface area contributed by atoms with Gasteiger partial charge < -0.3 is 4.74 Å². The van der Waals surface area contributed by atoms with Crippen LogP contribution in [0.25, 0.3) is 0 Å². The summed E-state index contributed by atoms with van der Waals surface area (Å²) in [4.78, 5) is 0. The number of alkyl halides is 2. The third-order valence-electron chi connectivity index (χ3n) is 3.68. The maximum absolute atomic E-state index is 14.0. The summed E-state index contributed by atoms with van der Waals surface area (Å²) in [5, 5.41) is 4.16. The van der Waals surface area contributed by atoms with Gasteiger partial charge in [-0.1, -0.05) is 0 Å². The number of benzene rings is 1. The largest absolute Gasteiger partial charge is 0.435 e. The second-order valence-corrected chi connectivity index (χ2v) is 5.39. The first-order valence-electron chi connectivity index (χ1n) is 6.90. The smallest absolute Gasteiger partial charge is 0.387 e. The van der Waals surface area contributed by atoms with Crippen LogP contribution < -0.4 is 4.74 Å². The fourth-order valence-corrected chi connectivity index (χ4v) is 2.56. The standard InChI is InChI=1S/C15H14F4N2O/c1-8-6-20-21(14(8)9-2-3-9)7-11-12(16)4-10(5-13(11)17)22-15(18)19/h4-6,9,15H,2-3,7H2,1H3. The van der Waals surface area contributed by atoms with E-state index in [1.165, 1.54) is 0 Å². The molecule has 3 rings (SSSR count). The molecule has 0 bridgehead atoms. The van der Waals surface area contributed by atoms with Crippen LogP contribution in [0.5, 0.6) is 5.75 Å². The first-order valence-corrected chi connectivity index (χ1v) is 6.90. The zero-order chi connectivity index (χ0) is 15.9. The Morgan fingerprint density at radius 1 is 1.27 bits per heavy atom. The lowest BCUT2D eigenvalue weighted by Gasteiger charge is -2.11. The van der Waals surface area contributed by atoms with Crippen LogP contribution in [0.2, 0.25) is 0 Å². The summed E-state index contributed by atoms with van der Waals surface area (Å²) in [6.07, 6.45) is 3.75. The first-order chi connectivity index (χ1) is 10.5. The van der Waals surface area contributed by atoms with E-state index in [2.05, 4.69) is 9.84 Å². The lowest BCUT2D eigenvalue weighted by atomic mass is 10.1. The summed E-state index contributed by atoms with van der Waals surface area (Å²) in [6.45, 7) is -1.30. The molecular formula is C15H14F4N2O. The lowest BCUT2D eigenvalue weighted by Crippen LogP contribution is -2.10. The minimum absolute atomic E-state index is 0.0771. The molecule has 0 atom stereocenters. The predicted molar refractivity (Wildman–Crippen MR) is 71.0 cm³/mol. The molecule has 1 aliphatic carbocycles. The van der Waals surface area contributed by atoms with Crippen molar-refractivity contribution in [3.8, 4) is 5.75 Å². The Labute approximate surface area is 124 Å². The van der Waals surface area contributed by atoms with Crippen molar-refractivity contribution in [2.45, 2.75) is 38.8 Å². The van der Waals surface area contributed by atoms with E-state index in [9.17, 15) is 17.6 Å². The van der Waals surface area contributed by atoms with Crippen LogP contribution in [0.3, 0.4) is 0 Å². The molecule has 118 valence electrons. The molecule has 0 radical (unpaired) electrons. The summed E-state index contributed by atoms with van der Waals surface area (Å²) in [7, 11) is 0. The van der Waals surface area contributed by atoms with Crippen LogP contribution in [0.1, 0.15) is 35.6 Å². The number of rotatable bonds is 5. The molecule has 0 N–H and O–H groups in total. The third kappa shape index (κ3) is 2.93. The van der Waals surface area contributed by atoms with E-state index < -0.39 is 24.0 Å². The molecule has 7 heteroatoms. The zero-order valence-electron chi connectivity index (χ0n) is 11.8. The second kappa shape index (κ2) is 5.62. The summed E-state index contributed by atoms with van der Waals surface area (Å²) >= 11 is 0. The van der Waals surface area contributed by atoms with Gasteiger partial charge in [-0.15, -0.1) is 0 Å². The van der Waals surface area contributed by atoms with Gasteiger partial charge in [0.15, 0.2) is 0 Å². The van der Waals surface area contributed by atoms with E-state index in [-0.39, 0.29) is 12.1 Å². The average molecular weight is 314 g/mol. The summed E-state index contributed by atoms with van der Waals surface area (Å²) in [5.41, 5.74) is 1.75. The molecule has 0 amide bonds. The van der Waals surface area contributed by atoms with Gasteiger partial charge in [0.2, 0.25) is 0 Å². The molecule has 1 aromatic carbocycles.